The molecule has 1 aliphatic heterocycles. The molecule has 0 spiro atoms. The Balaban J connectivity index is 2.11. The van der Waals surface area contributed by atoms with E-state index in [0.29, 0.717) is 6.54 Å². The molecule has 0 bridgehead atoms. The first-order valence-corrected chi connectivity index (χ1v) is 6.58. The molecule has 1 aromatic rings. The van der Waals surface area contributed by atoms with Crippen LogP contribution in [0.2, 0.25) is 0 Å². The lowest BCUT2D eigenvalue weighted by Crippen LogP contribution is -2.30. The van der Waals surface area contributed by atoms with Crippen molar-refractivity contribution in [1.29, 1.82) is 0 Å². The minimum Gasteiger partial charge on any atom is -0.384 e. The fourth-order valence-electron chi connectivity index (χ4n) is 2.20. The van der Waals surface area contributed by atoms with E-state index >= 15 is 0 Å². The van der Waals surface area contributed by atoms with Gasteiger partial charge in [0, 0.05) is 17.4 Å². The number of aliphatic hydroxyl groups excluding tert-OH is 1. The molecule has 1 heterocycles. The second-order valence-corrected chi connectivity index (χ2v) is 5.00. The highest BCUT2D eigenvalue weighted by atomic mass is 16.2. The number of aliphatic hydroxyl groups is 1. The zero-order valence-corrected chi connectivity index (χ0v) is 11.6. The van der Waals surface area contributed by atoms with Gasteiger partial charge in [-0.05, 0) is 17.7 Å². The lowest BCUT2D eigenvalue weighted by atomic mass is 10.00. The van der Waals surface area contributed by atoms with Crippen molar-refractivity contribution >= 4 is 11.8 Å². The summed E-state index contributed by atoms with van der Waals surface area (Å²) >= 11 is 0. The van der Waals surface area contributed by atoms with E-state index in [-0.39, 0.29) is 30.3 Å². The van der Waals surface area contributed by atoms with E-state index in [1.807, 2.05) is 24.3 Å². The number of amides is 2. The maximum atomic E-state index is 12.0. The number of likely N-dealkylation sites (tertiary alicyclic amines) is 1. The van der Waals surface area contributed by atoms with E-state index < -0.39 is 0 Å². The van der Waals surface area contributed by atoms with Crippen LogP contribution in [0.1, 0.15) is 25.0 Å². The first-order chi connectivity index (χ1) is 9.54. The van der Waals surface area contributed by atoms with Gasteiger partial charge in [0.05, 0.1) is 6.54 Å². The molecule has 1 aliphatic rings. The highest BCUT2D eigenvalue weighted by Gasteiger charge is 2.41. The molecule has 2 amide bonds. The number of hydrogen-bond acceptors (Lipinski definition) is 3. The second-order valence-electron chi connectivity index (χ2n) is 5.00. The molecule has 0 saturated carbocycles. The van der Waals surface area contributed by atoms with Crippen molar-refractivity contribution in [2.75, 3.05) is 6.61 Å². The summed E-state index contributed by atoms with van der Waals surface area (Å²) in [4.78, 5) is 25.3. The van der Waals surface area contributed by atoms with Crippen molar-refractivity contribution in [2.24, 2.45) is 11.8 Å². The maximum absolute atomic E-state index is 12.0. The molecule has 0 aromatic heterocycles. The Morgan fingerprint density at radius 1 is 1.10 bits per heavy atom. The molecule has 104 valence electrons. The average molecular weight is 271 g/mol. The molecule has 2 atom stereocenters. The topological polar surface area (TPSA) is 57.6 Å². The summed E-state index contributed by atoms with van der Waals surface area (Å²) in [5, 5.41) is 8.62. The molecule has 0 radical (unpaired) electrons. The van der Waals surface area contributed by atoms with Gasteiger partial charge in [0.1, 0.15) is 6.61 Å². The monoisotopic (exact) mass is 271 g/mol. The highest BCUT2D eigenvalue weighted by Crippen LogP contribution is 2.26. The van der Waals surface area contributed by atoms with E-state index in [1.165, 1.54) is 4.90 Å². The quantitative estimate of drug-likeness (QED) is 0.649. The average Bonchev–Trinajstić information content (AvgIpc) is 2.64. The Morgan fingerprint density at radius 2 is 1.65 bits per heavy atom. The van der Waals surface area contributed by atoms with E-state index in [9.17, 15) is 9.59 Å². The molecule has 4 heteroatoms. The summed E-state index contributed by atoms with van der Waals surface area (Å²) in [6.07, 6.45) is 0. The number of benzene rings is 1. The molecule has 1 N–H and O–H groups in total. The lowest BCUT2D eigenvalue weighted by molar-refractivity contribution is -0.140. The standard InChI is InChI=1S/C16H17NO3/c1-11-12(2)16(20)17(15(11)19)10-14-7-5-13(6-8-14)4-3-9-18/h5-8,11-12,18H,9-10H2,1-2H3. The molecular formula is C16H17NO3. The van der Waals surface area contributed by atoms with E-state index in [4.69, 9.17) is 5.11 Å². The summed E-state index contributed by atoms with van der Waals surface area (Å²) < 4.78 is 0. The van der Waals surface area contributed by atoms with Crippen LogP contribution in [0.5, 0.6) is 0 Å². The maximum Gasteiger partial charge on any atom is 0.233 e. The van der Waals surface area contributed by atoms with Crippen LogP contribution in [0.15, 0.2) is 24.3 Å². The number of carbonyl (C=O) groups is 2. The van der Waals surface area contributed by atoms with Gasteiger partial charge < -0.3 is 5.11 Å². The smallest absolute Gasteiger partial charge is 0.233 e. The Bertz CT molecular complexity index is 560. The highest BCUT2D eigenvalue weighted by molar-refractivity contribution is 6.04. The van der Waals surface area contributed by atoms with Crippen LogP contribution < -0.4 is 0 Å². The zero-order valence-electron chi connectivity index (χ0n) is 11.6. The molecule has 0 aliphatic carbocycles. The van der Waals surface area contributed by atoms with Crippen molar-refractivity contribution < 1.29 is 14.7 Å². The molecule has 1 aromatic carbocycles. The SMILES string of the molecule is CC1C(=O)N(Cc2ccc(C#CCO)cc2)C(=O)C1C. The molecule has 4 nitrogen and oxygen atoms in total. The minimum absolute atomic E-state index is 0.105. The van der Waals surface area contributed by atoms with Crippen molar-refractivity contribution in [2.45, 2.75) is 20.4 Å². The molecular weight excluding hydrogens is 254 g/mol. The van der Waals surface area contributed by atoms with Crippen LogP contribution in [0.4, 0.5) is 0 Å². The van der Waals surface area contributed by atoms with Crippen LogP contribution in [-0.4, -0.2) is 28.4 Å². The van der Waals surface area contributed by atoms with Crippen LogP contribution >= 0.6 is 0 Å². The predicted molar refractivity (Wildman–Crippen MR) is 74.3 cm³/mol. The Labute approximate surface area is 118 Å². The summed E-state index contributed by atoms with van der Waals surface area (Å²) in [6.45, 7) is 3.71. The Kier molecular flexibility index (Phi) is 4.21. The fourth-order valence-corrected chi connectivity index (χ4v) is 2.20. The fraction of sp³-hybridized carbons (Fsp3) is 0.375. The molecule has 20 heavy (non-hydrogen) atoms. The number of imide groups is 1. The number of hydrogen-bond donors (Lipinski definition) is 1. The molecule has 2 rings (SSSR count). The first-order valence-electron chi connectivity index (χ1n) is 6.58. The summed E-state index contributed by atoms with van der Waals surface area (Å²) in [6, 6.07) is 7.32. The lowest BCUT2D eigenvalue weighted by Gasteiger charge is -2.14. The van der Waals surface area contributed by atoms with Gasteiger partial charge in [-0.3, -0.25) is 14.5 Å². The van der Waals surface area contributed by atoms with Crippen molar-refractivity contribution in [3.8, 4) is 11.8 Å². The van der Waals surface area contributed by atoms with Gasteiger partial charge in [-0.25, -0.2) is 0 Å². The zero-order chi connectivity index (χ0) is 14.7. The Hall–Kier alpha value is -2.12. The van der Waals surface area contributed by atoms with Gasteiger partial charge in [-0.1, -0.05) is 37.8 Å². The Morgan fingerprint density at radius 3 is 2.15 bits per heavy atom. The van der Waals surface area contributed by atoms with E-state index in [2.05, 4.69) is 11.8 Å². The summed E-state index contributed by atoms with van der Waals surface area (Å²) in [7, 11) is 0. The number of carbonyl (C=O) groups excluding carboxylic acids is 2. The second kappa shape index (κ2) is 5.89. The van der Waals surface area contributed by atoms with Crippen molar-refractivity contribution in [3.05, 3.63) is 35.4 Å². The predicted octanol–water partition coefficient (Wildman–Crippen LogP) is 1.17. The van der Waals surface area contributed by atoms with E-state index in [1.54, 1.807) is 13.8 Å². The first kappa shape index (κ1) is 14.3. The normalized spacial score (nSPS) is 21.9. The van der Waals surface area contributed by atoms with Crippen LogP contribution in [0.25, 0.3) is 0 Å². The third kappa shape index (κ3) is 2.73. The largest absolute Gasteiger partial charge is 0.384 e. The number of nitrogens with zero attached hydrogens (tertiary/aromatic N) is 1. The summed E-state index contributed by atoms with van der Waals surface area (Å²) in [5.41, 5.74) is 1.69. The van der Waals surface area contributed by atoms with Gasteiger partial charge in [-0.15, -0.1) is 0 Å². The van der Waals surface area contributed by atoms with E-state index in [0.717, 1.165) is 11.1 Å². The van der Waals surface area contributed by atoms with Gasteiger partial charge in [0.2, 0.25) is 11.8 Å². The van der Waals surface area contributed by atoms with Crippen LogP contribution in [-0.2, 0) is 16.1 Å². The number of rotatable bonds is 2. The summed E-state index contributed by atoms with van der Waals surface area (Å²) in [5.74, 6) is 4.68. The minimum atomic E-state index is -0.239. The van der Waals surface area contributed by atoms with Gasteiger partial charge in [-0.2, -0.15) is 0 Å². The molecule has 2 unspecified atom stereocenters. The molecule has 1 fully saturated rings. The molecule has 1 saturated heterocycles. The third-order valence-electron chi connectivity index (χ3n) is 3.67. The van der Waals surface area contributed by atoms with Crippen molar-refractivity contribution in [1.82, 2.24) is 4.90 Å². The van der Waals surface area contributed by atoms with Gasteiger partial charge >= 0.3 is 0 Å². The van der Waals surface area contributed by atoms with Crippen LogP contribution in [0.3, 0.4) is 0 Å². The van der Waals surface area contributed by atoms with Gasteiger partial charge in [0.25, 0.3) is 0 Å². The van der Waals surface area contributed by atoms with Crippen LogP contribution in [0, 0.1) is 23.7 Å². The van der Waals surface area contributed by atoms with Crippen molar-refractivity contribution in [3.63, 3.8) is 0 Å². The third-order valence-corrected chi connectivity index (χ3v) is 3.67. The van der Waals surface area contributed by atoms with Gasteiger partial charge in [0.15, 0.2) is 0 Å².